The second-order valence-corrected chi connectivity index (χ2v) is 6.30. The van der Waals surface area contributed by atoms with E-state index in [1.807, 2.05) is 0 Å². The SMILES string of the molecule is C/C=C/CC(NC(=O)C1CCCN(C(=O)c2ccc(F)cc2)C1)C(=O)O. The van der Waals surface area contributed by atoms with Crippen LogP contribution in [-0.2, 0) is 9.59 Å². The molecule has 0 aromatic heterocycles. The van der Waals surface area contributed by atoms with E-state index in [0.29, 0.717) is 24.9 Å². The van der Waals surface area contributed by atoms with E-state index in [4.69, 9.17) is 0 Å². The number of carboxylic acids is 1. The van der Waals surface area contributed by atoms with E-state index >= 15 is 0 Å². The van der Waals surface area contributed by atoms with Crippen LogP contribution >= 0.6 is 0 Å². The van der Waals surface area contributed by atoms with Gasteiger partial charge in [0.05, 0.1) is 5.92 Å². The summed E-state index contributed by atoms with van der Waals surface area (Å²) in [4.78, 5) is 37.8. The molecule has 0 aliphatic carbocycles. The summed E-state index contributed by atoms with van der Waals surface area (Å²) in [6.07, 6.45) is 4.87. The molecule has 6 nitrogen and oxygen atoms in total. The van der Waals surface area contributed by atoms with Crippen LogP contribution in [0.5, 0.6) is 0 Å². The molecular formula is C19H23FN2O4. The van der Waals surface area contributed by atoms with E-state index in [9.17, 15) is 23.9 Å². The van der Waals surface area contributed by atoms with Gasteiger partial charge in [-0.15, -0.1) is 0 Å². The number of likely N-dealkylation sites (tertiary alicyclic amines) is 1. The Labute approximate surface area is 151 Å². The summed E-state index contributed by atoms with van der Waals surface area (Å²) in [5, 5.41) is 11.8. The fourth-order valence-electron chi connectivity index (χ4n) is 2.93. The van der Waals surface area contributed by atoms with Gasteiger partial charge in [-0.05, 0) is 50.5 Å². The minimum Gasteiger partial charge on any atom is -0.480 e. The van der Waals surface area contributed by atoms with Crippen molar-refractivity contribution in [1.29, 1.82) is 0 Å². The van der Waals surface area contributed by atoms with Crippen LogP contribution in [0.25, 0.3) is 0 Å². The first-order valence-corrected chi connectivity index (χ1v) is 8.61. The van der Waals surface area contributed by atoms with Gasteiger partial charge in [0.25, 0.3) is 5.91 Å². The lowest BCUT2D eigenvalue weighted by Crippen LogP contribution is -2.49. The highest BCUT2D eigenvalue weighted by Crippen LogP contribution is 2.19. The summed E-state index contributed by atoms with van der Waals surface area (Å²) in [7, 11) is 0. The zero-order valence-electron chi connectivity index (χ0n) is 14.7. The molecule has 0 spiro atoms. The average molecular weight is 362 g/mol. The molecule has 2 rings (SSSR count). The van der Waals surface area contributed by atoms with Crippen LogP contribution in [0.4, 0.5) is 4.39 Å². The lowest BCUT2D eigenvalue weighted by molar-refractivity contribution is -0.142. The Balaban J connectivity index is 2.00. The number of hydrogen-bond acceptors (Lipinski definition) is 3. The number of nitrogens with one attached hydrogen (secondary N) is 1. The Bertz CT molecular complexity index is 687. The Morgan fingerprint density at radius 3 is 2.65 bits per heavy atom. The maximum atomic E-state index is 13.0. The number of rotatable bonds is 6. The van der Waals surface area contributed by atoms with Crippen LogP contribution in [0.2, 0.25) is 0 Å². The second-order valence-electron chi connectivity index (χ2n) is 6.30. The van der Waals surface area contributed by atoms with Crippen LogP contribution in [0.1, 0.15) is 36.5 Å². The Morgan fingerprint density at radius 1 is 1.35 bits per heavy atom. The molecule has 0 bridgehead atoms. The minimum absolute atomic E-state index is 0.211. The molecule has 1 heterocycles. The molecule has 1 aliphatic rings. The fraction of sp³-hybridized carbons (Fsp3) is 0.421. The topological polar surface area (TPSA) is 86.7 Å². The molecule has 2 atom stereocenters. The highest BCUT2D eigenvalue weighted by Gasteiger charge is 2.31. The first kappa shape index (κ1) is 19.6. The van der Waals surface area contributed by atoms with Crippen molar-refractivity contribution in [3.63, 3.8) is 0 Å². The van der Waals surface area contributed by atoms with Crippen molar-refractivity contribution in [1.82, 2.24) is 10.2 Å². The summed E-state index contributed by atoms with van der Waals surface area (Å²) in [5.74, 6) is -2.59. The van der Waals surface area contributed by atoms with Gasteiger partial charge in [0.15, 0.2) is 0 Å². The van der Waals surface area contributed by atoms with Crippen molar-refractivity contribution < 1.29 is 23.9 Å². The smallest absolute Gasteiger partial charge is 0.326 e. The highest BCUT2D eigenvalue weighted by molar-refractivity contribution is 5.94. The number of amides is 2. The van der Waals surface area contributed by atoms with Crippen molar-refractivity contribution in [3.05, 3.63) is 47.8 Å². The summed E-state index contributed by atoms with van der Waals surface area (Å²) in [6.45, 7) is 2.51. The molecular weight excluding hydrogens is 339 g/mol. The van der Waals surface area contributed by atoms with Crippen molar-refractivity contribution in [2.24, 2.45) is 5.92 Å². The second kappa shape index (κ2) is 9.12. The van der Waals surface area contributed by atoms with Gasteiger partial charge in [0, 0.05) is 18.7 Å². The van der Waals surface area contributed by atoms with Crippen LogP contribution < -0.4 is 5.32 Å². The van der Waals surface area contributed by atoms with E-state index in [2.05, 4.69) is 5.32 Å². The third kappa shape index (κ3) is 5.15. The molecule has 7 heteroatoms. The third-order valence-electron chi connectivity index (χ3n) is 4.39. The lowest BCUT2D eigenvalue weighted by Gasteiger charge is -2.32. The summed E-state index contributed by atoms with van der Waals surface area (Å²) >= 11 is 0. The van der Waals surface area contributed by atoms with Crippen molar-refractivity contribution in [2.75, 3.05) is 13.1 Å². The number of benzene rings is 1. The molecule has 0 radical (unpaired) electrons. The number of halogens is 1. The monoisotopic (exact) mass is 362 g/mol. The van der Waals surface area contributed by atoms with Crippen LogP contribution in [-0.4, -0.2) is 46.9 Å². The molecule has 1 aromatic rings. The number of carbonyl (C=O) groups is 3. The average Bonchev–Trinajstić information content (AvgIpc) is 2.64. The summed E-state index contributed by atoms with van der Waals surface area (Å²) in [5.41, 5.74) is 0.365. The maximum Gasteiger partial charge on any atom is 0.326 e. The Kier molecular flexibility index (Phi) is 6.89. The summed E-state index contributed by atoms with van der Waals surface area (Å²) < 4.78 is 13.0. The van der Waals surface area contributed by atoms with Crippen LogP contribution in [0, 0.1) is 11.7 Å². The molecule has 0 saturated carbocycles. The maximum absolute atomic E-state index is 13.0. The van der Waals surface area contributed by atoms with Gasteiger partial charge in [0.1, 0.15) is 11.9 Å². The molecule has 1 fully saturated rings. The highest BCUT2D eigenvalue weighted by atomic mass is 19.1. The molecule has 140 valence electrons. The first-order valence-electron chi connectivity index (χ1n) is 8.61. The van der Waals surface area contributed by atoms with Gasteiger partial charge in [-0.1, -0.05) is 12.2 Å². The number of piperidine rings is 1. The number of allylic oxidation sites excluding steroid dienone is 1. The van der Waals surface area contributed by atoms with E-state index in [1.165, 1.54) is 24.3 Å². The van der Waals surface area contributed by atoms with E-state index in [1.54, 1.807) is 24.0 Å². The summed E-state index contributed by atoms with van der Waals surface area (Å²) in [6, 6.07) is 4.29. The molecule has 26 heavy (non-hydrogen) atoms. The third-order valence-corrected chi connectivity index (χ3v) is 4.39. The largest absolute Gasteiger partial charge is 0.480 e. The van der Waals surface area contributed by atoms with Gasteiger partial charge in [-0.2, -0.15) is 0 Å². The zero-order valence-corrected chi connectivity index (χ0v) is 14.7. The number of nitrogens with zero attached hydrogens (tertiary/aromatic N) is 1. The predicted molar refractivity (Wildman–Crippen MR) is 94.0 cm³/mol. The van der Waals surface area contributed by atoms with E-state index < -0.39 is 23.7 Å². The van der Waals surface area contributed by atoms with E-state index in [0.717, 1.165) is 0 Å². The van der Waals surface area contributed by atoms with Gasteiger partial charge >= 0.3 is 5.97 Å². The number of hydrogen-bond donors (Lipinski definition) is 2. The van der Waals surface area contributed by atoms with Crippen molar-refractivity contribution in [3.8, 4) is 0 Å². The quantitative estimate of drug-likeness (QED) is 0.760. The standard InChI is InChI=1S/C19H23FN2O4/c1-2-3-6-16(19(25)26)21-17(23)14-5-4-11-22(12-14)18(24)13-7-9-15(20)10-8-13/h2-3,7-10,14,16H,4-6,11-12H2,1H3,(H,21,23)(H,25,26)/b3-2+. The van der Waals surface area contributed by atoms with Gasteiger partial charge < -0.3 is 15.3 Å². The van der Waals surface area contributed by atoms with Crippen molar-refractivity contribution >= 4 is 17.8 Å². The van der Waals surface area contributed by atoms with Crippen LogP contribution in [0.15, 0.2) is 36.4 Å². The number of aliphatic carboxylic acids is 1. The normalized spacial score (nSPS) is 18.5. The van der Waals surface area contributed by atoms with Crippen LogP contribution in [0.3, 0.4) is 0 Å². The number of carboxylic acid groups (broad SMARTS) is 1. The molecule has 1 aliphatic heterocycles. The van der Waals surface area contributed by atoms with Gasteiger partial charge in [-0.3, -0.25) is 9.59 Å². The molecule has 1 saturated heterocycles. The van der Waals surface area contributed by atoms with Gasteiger partial charge in [-0.25, -0.2) is 9.18 Å². The first-order chi connectivity index (χ1) is 12.4. The predicted octanol–water partition coefficient (Wildman–Crippen LogP) is 2.21. The van der Waals surface area contributed by atoms with E-state index in [-0.39, 0.29) is 24.8 Å². The zero-order chi connectivity index (χ0) is 19.1. The van der Waals surface area contributed by atoms with Gasteiger partial charge in [0.2, 0.25) is 5.91 Å². The fourth-order valence-corrected chi connectivity index (χ4v) is 2.93. The molecule has 2 N–H and O–H groups in total. The Hall–Kier alpha value is -2.70. The lowest BCUT2D eigenvalue weighted by atomic mass is 9.96. The van der Waals surface area contributed by atoms with Crippen molar-refractivity contribution in [2.45, 2.75) is 32.2 Å². The molecule has 1 aromatic carbocycles. The Morgan fingerprint density at radius 2 is 2.04 bits per heavy atom. The minimum atomic E-state index is -1.09. The number of carbonyl (C=O) groups excluding carboxylic acids is 2. The molecule has 2 amide bonds. The molecule has 2 unspecified atom stereocenters.